The number of allylic oxidation sites excluding steroid dienone is 1. The summed E-state index contributed by atoms with van der Waals surface area (Å²) in [5.41, 5.74) is 0.174. The summed E-state index contributed by atoms with van der Waals surface area (Å²) in [6.45, 7) is 0. The number of carbonyl (C=O) groups excluding carboxylic acids is 1. The van der Waals surface area contributed by atoms with Gasteiger partial charge in [0, 0.05) is 10.3 Å². The first-order chi connectivity index (χ1) is 10.2. The van der Waals surface area contributed by atoms with Crippen molar-refractivity contribution in [2.24, 2.45) is 23.2 Å². The highest BCUT2D eigenvalue weighted by Crippen LogP contribution is 2.60. The van der Waals surface area contributed by atoms with Crippen molar-refractivity contribution in [2.45, 2.75) is 38.5 Å². The second-order valence-electron chi connectivity index (χ2n) is 7.21. The van der Waals surface area contributed by atoms with Gasteiger partial charge in [0.2, 0.25) is 0 Å². The second kappa shape index (κ2) is 4.81. The fourth-order valence-corrected chi connectivity index (χ4v) is 6.00. The number of thiophene rings is 1. The zero-order chi connectivity index (χ0) is 14.4. The highest BCUT2D eigenvalue weighted by molar-refractivity contribution is 7.10. The van der Waals surface area contributed by atoms with E-state index >= 15 is 0 Å². The van der Waals surface area contributed by atoms with Gasteiger partial charge in [0.05, 0.1) is 5.57 Å². The molecule has 0 amide bonds. The second-order valence-corrected chi connectivity index (χ2v) is 8.19. The lowest BCUT2D eigenvalue weighted by Gasteiger charge is -2.55. The summed E-state index contributed by atoms with van der Waals surface area (Å²) in [5.74, 6) is 2.35. The molecule has 0 spiro atoms. The van der Waals surface area contributed by atoms with E-state index < -0.39 is 0 Å². The highest BCUT2D eigenvalue weighted by atomic mass is 32.1. The van der Waals surface area contributed by atoms with Gasteiger partial charge in [-0.3, -0.25) is 4.79 Å². The Bertz CT molecular complexity index is 599. The number of rotatable bonds is 3. The van der Waals surface area contributed by atoms with Gasteiger partial charge in [0.15, 0.2) is 5.78 Å². The van der Waals surface area contributed by atoms with Crippen LogP contribution in [0.4, 0.5) is 0 Å². The molecule has 2 nitrogen and oxygen atoms in total. The first kappa shape index (κ1) is 13.3. The van der Waals surface area contributed by atoms with Gasteiger partial charge in [-0.05, 0) is 73.8 Å². The number of nitriles is 1. The van der Waals surface area contributed by atoms with Crippen molar-refractivity contribution >= 4 is 23.2 Å². The molecule has 0 atom stereocenters. The maximum absolute atomic E-state index is 13.1. The summed E-state index contributed by atoms with van der Waals surface area (Å²) in [6, 6.07) is 6.11. The minimum atomic E-state index is -0.201. The van der Waals surface area contributed by atoms with Crippen molar-refractivity contribution in [3.05, 3.63) is 28.0 Å². The smallest absolute Gasteiger partial charge is 0.179 e. The van der Waals surface area contributed by atoms with Crippen LogP contribution in [0, 0.1) is 34.5 Å². The van der Waals surface area contributed by atoms with Crippen LogP contribution in [0.1, 0.15) is 43.4 Å². The Hall–Kier alpha value is -1.40. The number of hydrogen-bond acceptors (Lipinski definition) is 3. The van der Waals surface area contributed by atoms with Crippen LogP contribution in [0.15, 0.2) is 23.1 Å². The van der Waals surface area contributed by atoms with Crippen LogP contribution in [0.3, 0.4) is 0 Å². The molecule has 4 aliphatic rings. The Balaban J connectivity index is 1.66. The van der Waals surface area contributed by atoms with Crippen LogP contribution in [0.25, 0.3) is 6.08 Å². The molecule has 3 heteroatoms. The molecule has 1 aromatic rings. The lowest BCUT2D eigenvalue weighted by Crippen LogP contribution is -2.50. The standard InChI is InChI=1S/C18H19NOS/c19-11-15(7-16-2-1-3-21-16)17(20)18-8-12-4-13(9-18)6-14(5-12)10-18/h1-3,7,12-14H,4-6,8-10H2/b15-7+. The van der Waals surface area contributed by atoms with E-state index in [0.717, 1.165) is 41.9 Å². The van der Waals surface area contributed by atoms with Crippen LogP contribution in [-0.2, 0) is 4.79 Å². The normalized spacial score (nSPS) is 37.5. The molecular formula is C18H19NOS. The lowest BCUT2D eigenvalue weighted by atomic mass is 9.48. The van der Waals surface area contributed by atoms with Crippen molar-refractivity contribution < 1.29 is 4.79 Å². The Morgan fingerprint density at radius 2 is 1.86 bits per heavy atom. The van der Waals surface area contributed by atoms with E-state index in [0.29, 0.717) is 5.57 Å². The van der Waals surface area contributed by atoms with E-state index in [-0.39, 0.29) is 11.2 Å². The first-order valence-electron chi connectivity index (χ1n) is 7.89. The van der Waals surface area contributed by atoms with Gasteiger partial charge >= 0.3 is 0 Å². The van der Waals surface area contributed by atoms with Gasteiger partial charge in [-0.1, -0.05) is 6.07 Å². The number of Topliss-reactive ketones (excluding diaryl/α,β-unsaturated/α-hetero) is 1. The van der Waals surface area contributed by atoms with Crippen LogP contribution in [-0.4, -0.2) is 5.78 Å². The largest absolute Gasteiger partial charge is 0.293 e. The van der Waals surface area contributed by atoms with Crippen molar-refractivity contribution in [3.63, 3.8) is 0 Å². The first-order valence-corrected chi connectivity index (χ1v) is 8.76. The van der Waals surface area contributed by atoms with Gasteiger partial charge < -0.3 is 0 Å². The zero-order valence-electron chi connectivity index (χ0n) is 12.0. The van der Waals surface area contributed by atoms with Gasteiger partial charge in [-0.25, -0.2) is 0 Å². The summed E-state index contributed by atoms with van der Waals surface area (Å²) < 4.78 is 0. The van der Waals surface area contributed by atoms with Crippen molar-refractivity contribution in [2.75, 3.05) is 0 Å². The van der Waals surface area contributed by atoms with E-state index in [1.165, 1.54) is 19.3 Å². The summed E-state index contributed by atoms with van der Waals surface area (Å²) in [5, 5.41) is 11.4. The van der Waals surface area contributed by atoms with E-state index in [9.17, 15) is 10.1 Å². The Labute approximate surface area is 129 Å². The Kier molecular flexibility index (Phi) is 3.04. The molecule has 4 aliphatic carbocycles. The fourth-order valence-electron chi connectivity index (χ4n) is 5.34. The summed E-state index contributed by atoms with van der Waals surface area (Å²) in [6.07, 6.45) is 8.85. The van der Waals surface area contributed by atoms with Crippen LogP contribution in [0.2, 0.25) is 0 Å². The molecule has 21 heavy (non-hydrogen) atoms. The average molecular weight is 297 g/mol. The van der Waals surface area contributed by atoms with Crippen molar-refractivity contribution in [3.8, 4) is 6.07 Å². The van der Waals surface area contributed by atoms with Crippen LogP contribution >= 0.6 is 11.3 Å². The molecule has 4 saturated carbocycles. The summed E-state index contributed by atoms with van der Waals surface area (Å²) in [7, 11) is 0. The molecule has 0 N–H and O–H groups in total. The summed E-state index contributed by atoms with van der Waals surface area (Å²) in [4.78, 5) is 14.1. The van der Waals surface area contributed by atoms with Crippen molar-refractivity contribution in [1.29, 1.82) is 5.26 Å². The van der Waals surface area contributed by atoms with E-state index in [2.05, 4.69) is 6.07 Å². The monoisotopic (exact) mass is 297 g/mol. The third-order valence-corrected chi connectivity index (χ3v) is 6.53. The average Bonchev–Trinajstić information content (AvgIpc) is 2.95. The lowest BCUT2D eigenvalue weighted by molar-refractivity contribution is -0.139. The van der Waals surface area contributed by atoms with Crippen LogP contribution in [0.5, 0.6) is 0 Å². The summed E-state index contributed by atoms with van der Waals surface area (Å²) >= 11 is 1.58. The number of nitrogens with zero attached hydrogens (tertiary/aromatic N) is 1. The van der Waals surface area contributed by atoms with E-state index in [4.69, 9.17) is 0 Å². The predicted octanol–water partition coefficient (Wildman–Crippen LogP) is 4.44. The fraction of sp³-hybridized carbons (Fsp3) is 0.556. The molecule has 0 unspecified atom stereocenters. The molecule has 0 aliphatic heterocycles. The van der Waals surface area contributed by atoms with E-state index in [1.54, 1.807) is 17.4 Å². The Morgan fingerprint density at radius 3 is 2.33 bits per heavy atom. The molecule has 4 fully saturated rings. The molecular weight excluding hydrogens is 278 g/mol. The third kappa shape index (κ3) is 2.17. The topological polar surface area (TPSA) is 40.9 Å². The molecule has 1 heterocycles. The van der Waals surface area contributed by atoms with Gasteiger partial charge in [0.1, 0.15) is 6.07 Å². The number of carbonyl (C=O) groups is 1. The van der Waals surface area contributed by atoms with Crippen molar-refractivity contribution in [1.82, 2.24) is 0 Å². The molecule has 5 rings (SSSR count). The number of ketones is 1. The minimum Gasteiger partial charge on any atom is -0.293 e. The maximum atomic E-state index is 13.1. The minimum absolute atomic E-state index is 0.137. The molecule has 0 aromatic carbocycles. The van der Waals surface area contributed by atoms with E-state index in [1.807, 2.05) is 17.5 Å². The molecule has 1 aromatic heterocycles. The van der Waals surface area contributed by atoms with Crippen LogP contribution < -0.4 is 0 Å². The molecule has 4 bridgehead atoms. The SMILES string of the molecule is N#C/C(=C\c1cccs1)C(=O)C12CC3CC(CC(C3)C1)C2. The van der Waals surface area contributed by atoms with Gasteiger partial charge in [-0.15, -0.1) is 11.3 Å². The van der Waals surface area contributed by atoms with Gasteiger partial charge in [0.25, 0.3) is 0 Å². The third-order valence-electron chi connectivity index (χ3n) is 5.71. The molecule has 108 valence electrons. The highest BCUT2D eigenvalue weighted by Gasteiger charge is 2.54. The molecule has 0 radical (unpaired) electrons. The maximum Gasteiger partial charge on any atom is 0.179 e. The number of hydrogen-bond donors (Lipinski definition) is 0. The quantitative estimate of drug-likeness (QED) is 0.611. The Morgan fingerprint density at radius 1 is 1.24 bits per heavy atom. The predicted molar refractivity (Wildman–Crippen MR) is 83.5 cm³/mol. The molecule has 0 saturated heterocycles. The van der Waals surface area contributed by atoms with Gasteiger partial charge in [-0.2, -0.15) is 5.26 Å². The zero-order valence-corrected chi connectivity index (χ0v) is 12.9.